The fourth-order valence-corrected chi connectivity index (χ4v) is 15.4. The largest absolute Gasteiger partial charge is 0.456 e. The lowest BCUT2D eigenvalue weighted by molar-refractivity contribution is -0.132. The van der Waals surface area contributed by atoms with Crippen molar-refractivity contribution in [1.29, 1.82) is 0 Å². The van der Waals surface area contributed by atoms with E-state index in [1.807, 2.05) is 13.8 Å². The van der Waals surface area contributed by atoms with Gasteiger partial charge in [-0.3, -0.25) is 56.7 Å². The van der Waals surface area contributed by atoms with Crippen LogP contribution in [-0.2, 0) is 42.6 Å². The highest BCUT2D eigenvalue weighted by Crippen LogP contribution is 2.44. The molecule has 0 radical (unpaired) electrons. The van der Waals surface area contributed by atoms with Gasteiger partial charge in [0.2, 0.25) is 0 Å². The number of H-pyrrole nitrogens is 3. The highest BCUT2D eigenvalue weighted by atomic mass is 35.5. The van der Waals surface area contributed by atoms with Crippen LogP contribution in [0.25, 0.3) is 0 Å². The van der Waals surface area contributed by atoms with Crippen LogP contribution >= 0.6 is 23.8 Å². The van der Waals surface area contributed by atoms with Crippen molar-refractivity contribution in [2.45, 2.75) is 253 Å². The number of ether oxygens (including phenoxy) is 11. The number of aromatic nitrogens is 13. The van der Waals surface area contributed by atoms with Gasteiger partial charge in [0, 0.05) is 67.4 Å². The Morgan fingerprint density at radius 3 is 1.43 bits per heavy atom. The summed E-state index contributed by atoms with van der Waals surface area (Å²) in [6, 6.07) is 7.80. The average molecular weight is 1720 g/mol. The molecule has 45 nitrogen and oxygen atoms in total. The van der Waals surface area contributed by atoms with E-state index in [9.17, 15) is 53.7 Å². The summed E-state index contributed by atoms with van der Waals surface area (Å²) in [6.07, 6.45) is 2.14. The molecule has 658 valence electrons. The standard InChI is InChI=1S/C11H14N2O3.C11H16N2O3.C11H16N2O2S.C10H14ClN3O3.C9H13N3O4.C9H10N2O5.C6H10N2O4.C5H10O5/c1-3-7-6(2)9-10(15-7)13-5-4-8(14)12-11(13)16-9;1-3-8-7(2)6-10(16-8)13-5-4-9(14)12-11(13)15;1-3-8-7(2)6-10(15-8)13-5-4-9(16)12-11(13)14;1-3-6-5(2)7(11)8(17-6)14-4-12-9(15)13-10(14)16;10-7-1-2-12(9(15)11-7)8-3-5(14)6(4-13)16-8;12-3-4-6(14)7-8(15-4)11-2-1-5(13)10-9(11)16-7;7-6-8-5-4(12-6)3(10)2(1-9)11-5;6-1-2-3(7)4(8)5(9)10-2/h4-7,9-10H,3H2,1-2H3;4-5,7-8,10H,3,6H2,1-2H3,(H,12,14,15);4-5,7-8,10H,3,6H2,1-2H3,(H,12,14,16);4-8H,3H2,1-2H3,(H,13,15,16);1-2,5-6,8,13-14H,3-4H2,(H2,10,11,15);1-2,4,6-8,12,14H,3H2;2-5,9-10H,1H2,(H2,7,8);2-9H,1H2/t6?,7-,9-,10-;2*7?,8-,10-;5?,6-,7+,8-;5?,6-,8-;4-,6?,7-,8-;2-,3?,4-,5-;2-,3?,4-,5?/m00000000/s1. The van der Waals surface area contributed by atoms with Crippen LogP contribution in [0.1, 0.15) is 138 Å². The third kappa shape index (κ3) is 21.6. The molecule has 6 aromatic rings. The smallest absolute Gasteiger partial charge is 0.351 e. The van der Waals surface area contributed by atoms with E-state index in [0.717, 1.165) is 38.5 Å². The number of aliphatic hydroxyl groups is 10. The van der Waals surface area contributed by atoms with Gasteiger partial charge in [-0.15, -0.1) is 11.6 Å². The van der Waals surface area contributed by atoms with Gasteiger partial charge < -0.3 is 115 Å². The van der Waals surface area contributed by atoms with Gasteiger partial charge in [-0.1, -0.05) is 67.6 Å². The second-order valence-corrected chi connectivity index (χ2v) is 30.5. The van der Waals surface area contributed by atoms with Gasteiger partial charge in [-0.05, 0) is 62.5 Å². The zero-order valence-corrected chi connectivity index (χ0v) is 67.5. The van der Waals surface area contributed by atoms with Crippen molar-refractivity contribution >= 4 is 35.7 Å². The number of nitrogen functional groups attached to an aromatic ring is 1. The molecule has 6 aromatic heterocycles. The summed E-state index contributed by atoms with van der Waals surface area (Å²) in [7, 11) is 0. The van der Waals surface area contributed by atoms with Gasteiger partial charge in [-0.25, -0.2) is 24.0 Å². The number of hydrogen-bond acceptors (Lipinski definition) is 37. The van der Waals surface area contributed by atoms with Crippen molar-refractivity contribution in [1.82, 2.24) is 62.3 Å². The van der Waals surface area contributed by atoms with Crippen molar-refractivity contribution in [2.75, 3.05) is 32.2 Å². The van der Waals surface area contributed by atoms with E-state index in [2.05, 4.69) is 86.2 Å². The zero-order valence-electron chi connectivity index (χ0n) is 66.0. The molecule has 0 aliphatic carbocycles. The maximum Gasteiger partial charge on any atom is 0.351 e. The first-order valence-electron chi connectivity index (χ1n) is 38.7. The number of anilines is 1. The number of halogens is 1. The summed E-state index contributed by atoms with van der Waals surface area (Å²) in [5.74, 6) is 1.54. The normalized spacial score (nSPS) is 34.8. The number of amidine groups is 1. The van der Waals surface area contributed by atoms with E-state index in [1.54, 1.807) is 27.6 Å². The molecule has 11 aliphatic rings. The average Bonchev–Trinajstić information content (AvgIpc) is 1.57. The summed E-state index contributed by atoms with van der Waals surface area (Å²) in [5, 5.41) is 90.0. The molecule has 17 rings (SSSR count). The predicted octanol–water partition coefficient (Wildman–Crippen LogP) is -3.54. The number of nitrogens with two attached hydrogens (primary N) is 2. The molecule has 0 aromatic carbocycles. The highest BCUT2D eigenvalue weighted by Gasteiger charge is 2.53. The van der Waals surface area contributed by atoms with Crippen molar-refractivity contribution in [3.8, 4) is 12.0 Å². The van der Waals surface area contributed by atoms with Crippen LogP contribution in [0.4, 0.5) is 5.82 Å². The second kappa shape index (κ2) is 41.2. The Balaban J connectivity index is 0.000000144. The van der Waals surface area contributed by atoms with Gasteiger partial charge in [0.1, 0.15) is 84.3 Å². The molecule has 9 unspecified atom stereocenters. The van der Waals surface area contributed by atoms with E-state index in [4.69, 9.17) is 118 Å². The molecule has 17 N–H and O–H groups in total. The van der Waals surface area contributed by atoms with Crippen molar-refractivity contribution in [3.05, 3.63) is 156 Å². The Bertz CT molecular complexity index is 4780. The highest BCUT2D eigenvalue weighted by molar-refractivity contribution is 7.71. The number of fused-ring (bicyclic) bond motifs is 7. The molecule has 47 heteroatoms. The Kier molecular flexibility index (Phi) is 32.1. The molecule has 0 amide bonds. The van der Waals surface area contributed by atoms with E-state index in [0.29, 0.717) is 28.4 Å². The predicted molar refractivity (Wildman–Crippen MR) is 414 cm³/mol. The summed E-state index contributed by atoms with van der Waals surface area (Å²) in [5.41, 5.74) is 7.20. The molecular weight excluding hydrogens is 1620 g/mol. The molecule has 8 fully saturated rings. The maximum absolute atomic E-state index is 11.7. The fraction of sp³-hybridized carbons (Fsp3) is 0.667. The molecule has 17 heterocycles. The van der Waals surface area contributed by atoms with Gasteiger partial charge in [0.25, 0.3) is 22.7 Å². The number of rotatable bonds is 12. The lowest BCUT2D eigenvalue weighted by atomic mass is 9.99. The minimum Gasteiger partial charge on any atom is -0.456 e. The van der Waals surface area contributed by atoms with Crippen LogP contribution in [0, 0.1) is 28.3 Å². The summed E-state index contributed by atoms with van der Waals surface area (Å²) >= 11 is 11.1. The van der Waals surface area contributed by atoms with E-state index in [-0.39, 0.29) is 121 Å². The number of hydrogen-bond donors (Lipinski definition) is 15. The number of nitrogens with zero attached hydrogens (tertiary/aromatic N) is 11. The minimum atomic E-state index is -1.38. The quantitative estimate of drug-likeness (QED) is 0.0417. The van der Waals surface area contributed by atoms with Crippen LogP contribution < -0.4 is 66.1 Å². The number of aliphatic hydroxyl groups excluding tert-OH is 10. The molecule has 0 saturated carbocycles. The first kappa shape index (κ1) is 92.6. The third-order valence-corrected chi connectivity index (χ3v) is 22.5. The minimum absolute atomic E-state index is 0.0146. The fourth-order valence-electron chi connectivity index (χ4n) is 15.0. The summed E-state index contributed by atoms with van der Waals surface area (Å²) in [4.78, 5) is 115. The van der Waals surface area contributed by atoms with Crippen molar-refractivity contribution in [3.63, 3.8) is 0 Å². The third-order valence-electron chi connectivity index (χ3n) is 21.6. The second-order valence-electron chi connectivity index (χ2n) is 29.5. The van der Waals surface area contributed by atoms with Crippen molar-refractivity contribution in [2.24, 2.45) is 34.4 Å². The van der Waals surface area contributed by atoms with E-state index in [1.165, 1.54) is 67.5 Å². The molecule has 0 spiro atoms. The first-order chi connectivity index (χ1) is 56.7. The molecule has 29 atom stereocenters. The Morgan fingerprint density at radius 1 is 0.471 bits per heavy atom. The van der Waals surface area contributed by atoms with Crippen LogP contribution in [0.5, 0.6) is 12.0 Å². The topological polar surface area (TPSA) is 633 Å². The van der Waals surface area contributed by atoms with Gasteiger partial charge >= 0.3 is 40.5 Å². The number of aliphatic imine (C=N–C) groups is 1. The molecule has 11 aliphatic heterocycles. The maximum atomic E-state index is 11.7. The van der Waals surface area contributed by atoms with Gasteiger partial charge in [-0.2, -0.15) is 24.9 Å². The number of nitrogens with one attached hydrogen (secondary N) is 3. The molecule has 119 heavy (non-hydrogen) atoms. The van der Waals surface area contributed by atoms with Crippen molar-refractivity contribution < 1.29 is 103 Å². The van der Waals surface area contributed by atoms with Gasteiger partial charge in [0.15, 0.2) is 49.5 Å². The van der Waals surface area contributed by atoms with Crippen LogP contribution in [-0.4, -0.2) is 261 Å². The van der Waals surface area contributed by atoms with Crippen LogP contribution in [0.15, 0.2) is 111 Å². The summed E-state index contributed by atoms with van der Waals surface area (Å²) in [6.45, 7) is 15.4. The van der Waals surface area contributed by atoms with E-state index >= 15 is 0 Å². The molecular formula is C72H103ClN16O29S. The lowest BCUT2D eigenvalue weighted by Gasteiger charge is -2.15. The molecule has 0 bridgehead atoms. The SMILES string of the molecule is CC[C@@H]1O[C@H](n2ccc(=O)[nH]c2=O)CC1C.CC[C@@H]1O[C@H](n2ccc(=S)[nH]c2=O)CC1C.CC[C@@H]1O[C@H](n2cnc(=O)[nH]c2=O)[C@H](Cl)C1C.CC[C@@H]1O[C@H]2[C@@H](Oc3nc(=O)ccn32)C1C.NC1=N[C@H]2O[C@@H](CO)C(O)[C@@H]2O1.Nc1ccn([C@@H]2CC(O)[C@H](CO)O2)c(=O)n1.O=c1ccn2c(n1)O[C@H]1C(O)[C@H](CO)O[C@@H]12.OC[C@@H]1OC(O)[C@@H](O)C1O. The number of aromatic amines is 3. The van der Waals surface area contributed by atoms with Crippen LogP contribution in [0.3, 0.4) is 0 Å². The summed E-state index contributed by atoms with van der Waals surface area (Å²) < 4.78 is 68.9. The first-order valence-corrected chi connectivity index (χ1v) is 39.6. The number of alkyl halides is 1. The lowest BCUT2D eigenvalue weighted by Crippen LogP contribution is -2.36. The Labute approximate surface area is 685 Å². The monoisotopic (exact) mass is 1720 g/mol. The van der Waals surface area contributed by atoms with Gasteiger partial charge in [0.05, 0.1) is 62.3 Å². The Hall–Kier alpha value is -8.73. The Morgan fingerprint density at radius 2 is 0.941 bits per heavy atom. The van der Waals surface area contributed by atoms with E-state index < -0.39 is 133 Å². The van der Waals surface area contributed by atoms with Crippen LogP contribution in [0.2, 0.25) is 0 Å². The molecule has 8 saturated heterocycles. The zero-order chi connectivity index (χ0) is 86.7.